The third kappa shape index (κ3) is 3.92. The van der Waals surface area contributed by atoms with Crippen LogP contribution >= 0.6 is 27.5 Å². The largest absolute Gasteiger partial charge is 0.259 e. The Labute approximate surface area is 130 Å². The Balaban J connectivity index is 2.35. The first-order valence-electron chi connectivity index (χ1n) is 5.90. The van der Waals surface area contributed by atoms with Crippen LogP contribution in [-0.4, -0.2) is 4.92 Å². The summed E-state index contributed by atoms with van der Waals surface area (Å²) in [4.78, 5) is 10.8. The predicted molar refractivity (Wildman–Crippen MR) is 84.3 cm³/mol. The van der Waals surface area contributed by atoms with E-state index in [9.17, 15) is 10.1 Å². The molecule has 102 valence electrons. The SMILES string of the molecule is O=[N+]([O-])C(=Cc1cc(Cl)ccc1Br)Cc1ccccc1. The van der Waals surface area contributed by atoms with Crippen LogP contribution in [0.2, 0.25) is 5.02 Å². The van der Waals surface area contributed by atoms with E-state index in [4.69, 9.17) is 11.6 Å². The van der Waals surface area contributed by atoms with Gasteiger partial charge in [-0.05, 0) is 29.3 Å². The molecule has 0 bridgehead atoms. The van der Waals surface area contributed by atoms with Crippen molar-refractivity contribution in [2.24, 2.45) is 0 Å². The van der Waals surface area contributed by atoms with Crippen LogP contribution in [0.3, 0.4) is 0 Å². The van der Waals surface area contributed by atoms with Gasteiger partial charge < -0.3 is 0 Å². The maximum Gasteiger partial charge on any atom is 0.251 e. The number of nitrogens with zero attached hydrogens (tertiary/aromatic N) is 1. The van der Waals surface area contributed by atoms with Crippen molar-refractivity contribution in [2.75, 3.05) is 0 Å². The molecule has 0 aromatic heterocycles. The second kappa shape index (κ2) is 6.68. The van der Waals surface area contributed by atoms with E-state index >= 15 is 0 Å². The molecule has 0 N–H and O–H groups in total. The molecule has 2 rings (SSSR count). The van der Waals surface area contributed by atoms with Crippen molar-refractivity contribution in [1.82, 2.24) is 0 Å². The molecule has 0 aliphatic heterocycles. The molecular weight excluding hydrogens is 342 g/mol. The zero-order valence-corrected chi connectivity index (χ0v) is 12.8. The third-order valence-corrected chi connectivity index (χ3v) is 3.70. The number of benzene rings is 2. The molecule has 0 saturated heterocycles. The first-order chi connectivity index (χ1) is 9.56. The van der Waals surface area contributed by atoms with Gasteiger partial charge in [-0.3, -0.25) is 10.1 Å². The highest BCUT2D eigenvalue weighted by Gasteiger charge is 2.13. The van der Waals surface area contributed by atoms with E-state index < -0.39 is 0 Å². The molecular formula is C15H11BrClNO2. The standard InChI is InChI=1S/C15H11BrClNO2/c16-15-7-6-13(17)9-12(15)10-14(18(19)20)8-11-4-2-1-3-5-11/h1-7,9-10H,8H2. The van der Waals surface area contributed by atoms with Crippen molar-refractivity contribution in [3.63, 3.8) is 0 Å². The van der Waals surface area contributed by atoms with Crippen LogP contribution in [0.4, 0.5) is 0 Å². The maximum atomic E-state index is 11.2. The van der Waals surface area contributed by atoms with Crippen molar-refractivity contribution < 1.29 is 4.92 Å². The molecule has 0 radical (unpaired) electrons. The topological polar surface area (TPSA) is 43.1 Å². The van der Waals surface area contributed by atoms with Gasteiger partial charge in [-0.1, -0.05) is 57.9 Å². The van der Waals surface area contributed by atoms with Gasteiger partial charge >= 0.3 is 0 Å². The Morgan fingerprint density at radius 1 is 1.25 bits per heavy atom. The van der Waals surface area contributed by atoms with Gasteiger partial charge in [0.25, 0.3) is 5.70 Å². The van der Waals surface area contributed by atoms with E-state index in [1.165, 1.54) is 0 Å². The number of halogens is 2. The van der Waals surface area contributed by atoms with Gasteiger partial charge in [-0.2, -0.15) is 0 Å². The van der Waals surface area contributed by atoms with Gasteiger partial charge in [0.1, 0.15) is 0 Å². The fraction of sp³-hybridized carbons (Fsp3) is 0.0667. The van der Waals surface area contributed by atoms with Crippen LogP contribution in [-0.2, 0) is 6.42 Å². The van der Waals surface area contributed by atoms with E-state index in [1.54, 1.807) is 24.3 Å². The summed E-state index contributed by atoms with van der Waals surface area (Å²) in [6.45, 7) is 0. The Hall–Kier alpha value is -1.65. The summed E-state index contributed by atoms with van der Waals surface area (Å²) < 4.78 is 0.773. The Bertz CT molecular complexity index is 656. The number of allylic oxidation sites excluding steroid dienone is 1. The summed E-state index contributed by atoms with van der Waals surface area (Å²) in [6.07, 6.45) is 1.82. The Kier molecular flexibility index (Phi) is 4.93. The number of nitro groups is 1. The zero-order valence-electron chi connectivity index (χ0n) is 10.4. The highest BCUT2D eigenvalue weighted by molar-refractivity contribution is 9.10. The molecule has 3 nitrogen and oxygen atoms in total. The lowest BCUT2D eigenvalue weighted by molar-refractivity contribution is -0.425. The fourth-order valence-electron chi connectivity index (χ4n) is 1.78. The lowest BCUT2D eigenvalue weighted by atomic mass is 10.1. The highest BCUT2D eigenvalue weighted by Crippen LogP contribution is 2.24. The van der Waals surface area contributed by atoms with Gasteiger partial charge in [0.2, 0.25) is 0 Å². The molecule has 0 atom stereocenters. The summed E-state index contributed by atoms with van der Waals surface area (Å²) in [7, 11) is 0. The first-order valence-corrected chi connectivity index (χ1v) is 7.07. The van der Waals surface area contributed by atoms with Crippen molar-refractivity contribution in [3.8, 4) is 0 Å². The smallest absolute Gasteiger partial charge is 0.251 e. The van der Waals surface area contributed by atoms with E-state index in [0.717, 1.165) is 10.0 Å². The molecule has 20 heavy (non-hydrogen) atoms. The second-order valence-electron chi connectivity index (χ2n) is 4.22. The lowest BCUT2D eigenvalue weighted by Crippen LogP contribution is -2.02. The molecule has 2 aromatic rings. The van der Waals surface area contributed by atoms with Gasteiger partial charge in [0.15, 0.2) is 0 Å². The van der Waals surface area contributed by atoms with Gasteiger partial charge in [-0.15, -0.1) is 0 Å². The lowest BCUT2D eigenvalue weighted by Gasteiger charge is -2.02. The van der Waals surface area contributed by atoms with E-state index in [-0.39, 0.29) is 17.0 Å². The molecule has 0 spiro atoms. The molecule has 0 heterocycles. The van der Waals surface area contributed by atoms with E-state index in [0.29, 0.717) is 10.6 Å². The number of hydrogen-bond donors (Lipinski definition) is 0. The number of rotatable bonds is 4. The molecule has 0 aliphatic carbocycles. The van der Waals surface area contributed by atoms with Crippen LogP contribution in [0, 0.1) is 10.1 Å². The average molecular weight is 353 g/mol. The van der Waals surface area contributed by atoms with Crippen molar-refractivity contribution in [2.45, 2.75) is 6.42 Å². The maximum absolute atomic E-state index is 11.2. The second-order valence-corrected chi connectivity index (χ2v) is 5.51. The first kappa shape index (κ1) is 14.8. The minimum absolute atomic E-state index is 0.124. The van der Waals surface area contributed by atoms with Gasteiger partial charge in [0, 0.05) is 15.6 Å². The summed E-state index contributed by atoms with van der Waals surface area (Å²) >= 11 is 9.29. The fourth-order valence-corrected chi connectivity index (χ4v) is 2.32. The minimum atomic E-state index is -0.361. The van der Waals surface area contributed by atoms with E-state index in [2.05, 4.69) is 15.9 Å². The monoisotopic (exact) mass is 351 g/mol. The molecule has 0 aliphatic rings. The molecule has 5 heteroatoms. The van der Waals surface area contributed by atoms with E-state index in [1.807, 2.05) is 30.3 Å². The van der Waals surface area contributed by atoms with Crippen molar-refractivity contribution >= 4 is 33.6 Å². The van der Waals surface area contributed by atoms with Crippen LogP contribution in [0.5, 0.6) is 0 Å². The minimum Gasteiger partial charge on any atom is -0.259 e. The molecule has 2 aromatic carbocycles. The van der Waals surface area contributed by atoms with Gasteiger partial charge in [-0.25, -0.2) is 0 Å². The summed E-state index contributed by atoms with van der Waals surface area (Å²) in [5, 5.41) is 11.7. The summed E-state index contributed by atoms with van der Waals surface area (Å²) in [5.74, 6) is 0. The average Bonchev–Trinajstić information content (AvgIpc) is 2.43. The van der Waals surface area contributed by atoms with Crippen LogP contribution in [0.25, 0.3) is 6.08 Å². The van der Waals surface area contributed by atoms with Crippen molar-refractivity contribution in [3.05, 3.63) is 85.0 Å². The molecule has 0 unspecified atom stereocenters. The zero-order chi connectivity index (χ0) is 14.5. The molecule has 0 saturated carbocycles. The van der Waals surface area contributed by atoms with Crippen LogP contribution in [0.15, 0.2) is 58.7 Å². The normalized spacial score (nSPS) is 11.4. The molecule has 0 fully saturated rings. The Morgan fingerprint density at radius 2 is 1.95 bits per heavy atom. The van der Waals surface area contributed by atoms with Crippen LogP contribution in [0.1, 0.15) is 11.1 Å². The van der Waals surface area contributed by atoms with Crippen LogP contribution < -0.4 is 0 Å². The predicted octanol–water partition coefficient (Wildman–Crippen LogP) is 4.96. The van der Waals surface area contributed by atoms with Crippen molar-refractivity contribution in [1.29, 1.82) is 0 Å². The summed E-state index contributed by atoms with van der Waals surface area (Å²) in [5.41, 5.74) is 1.72. The number of hydrogen-bond acceptors (Lipinski definition) is 2. The highest BCUT2D eigenvalue weighted by atomic mass is 79.9. The summed E-state index contributed by atoms with van der Waals surface area (Å²) in [6, 6.07) is 14.5. The quantitative estimate of drug-likeness (QED) is 0.576. The van der Waals surface area contributed by atoms with Gasteiger partial charge in [0.05, 0.1) is 11.3 Å². The molecule has 0 amide bonds. The third-order valence-electron chi connectivity index (χ3n) is 2.74. The Morgan fingerprint density at radius 3 is 2.60 bits per heavy atom.